The third-order valence-electron chi connectivity index (χ3n) is 3.68. The molecule has 0 aliphatic rings. The highest BCUT2D eigenvalue weighted by Gasteiger charge is 2.21. The smallest absolute Gasteiger partial charge is 0.251 e. The number of rotatable bonds is 8. The summed E-state index contributed by atoms with van der Waals surface area (Å²) in [5.74, 6) is 0.166. The number of hydrogen-bond acceptors (Lipinski definition) is 4. The summed E-state index contributed by atoms with van der Waals surface area (Å²) in [6, 6.07) is 11.5. The number of thioether (sulfide) groups is 1. The number of hydrogen-bond donors (Lipinski definition) is 2. The molecule has 2 N–H and O–H groups in total. The minimum absolute atomic E-state index is 0.350. The van der Waals surface area contributed by atoms with E-state index in [1.165, 1.54) is 18.2 Å². The first-order valence-corrected chi connectivity index (χ1v) is 9.43. The van der Waals surface area contributed by atoms with Gasteiger partial charge in [-0.1, -0.05) is 6.07 Å². The van der Waals surface area contributed by atoms with E-state index in [1.54, 1.807) is 49.2 Å². The predicted molar refractivity (Wildman–Crippen MR) is 102 cm³/mol. The van der Waals surface area contributed by atoms with Gasteiger partial charge in [0, 0.05) is 11.3 Å². The van der Waals surface area contributed by atoms with E-state index < -0.39 is 11.9 Å². The zero-order valence-corrected chi connectivity index (χ0v) is 15.4. The Kier molecular flexibility index (Phi) is 7.47. The summed E-state index contributed by atoms with van der Waals surface area (Å²) in [6.07, 6.45) is 2.39. The van der Waals surface area contributed by atoms with Crippen molar-refractivity contribution in [2.75, 3.05) is 24.4 Å². The Labute approximate surface area is 156 Å². The van der Waals surface area contributed by atoms with Gasteiger partial charge in [-0.2, -0.15) is 11.8 Å². The van der Waals surface area contributed by atoms with Gasteiger partial charge in [-0.15, -0.1) is 0 Å². The molecule has 2 rings (SSSR count). The highest BCUT2D eigenvalue weighted by molar-refractivity contribution is 7.98. The molecule has 0 aliphatic carbocycles. The maximum absolute atomic E-state index is 13.3. The van der Waals surface area contributed by atoms with Crippen molar-refractivity contribution in [3.63, 3.8) is 0 Å². The van der Waals surface area contributed by atoms with Crippen LogP contribution in [0.2, 0.25) is 0 Å². The predicted octanol–water partition coefficient (Wildman–Crippen LogP) is 3.32. The number of benzene rings is 2. The van der Waals surface area contributed by atoms with E-state index in [0.717, 1.165) is 0 Å². The fourth-order valence-electron chi connectivity index (χ4n) is 2.28. The maximum Gasteiger partial charge on any atom is 0.251 e. The number of halogens is 1. The second-order valence-electron chi connectivity index (χ2n) is 5.54. The van der Waals surface area contributed by atoms with Crippen LogP contribution in [-0.4, -0.2) is 37.0 Å². The molecule has 0 unspecified atom stereocenters. The van der Waals surface area contributed by atoms with Crippen LogP contribution in [0.4, 0.5) is 10.1 Å². The molecule has 1 atom stereocenters. The molecular formula is C19H21FN2O3S. The highest BCUT2D eigenvalue weighted by atomic mass is 32.2. The van der Waals surface area contributed by atoms with Crippen LogP contribution in [0.1, 0.15) is 16.8 Å². The molecule has 7 heteroatoms. The van der Waals surface area contributed by atoms with Gasteiger partial charge in [-0.3, -0.25) is 9.59 Å². The van der Waals surface area contributed by atoms with E-state index in [-0.39, 0.29) is 11.8 Å². The van der Waals surface area contributed by atoms with Crippen molar-refractivity contribution in [3.05, 3.63) is 59.9 Å². The molecule has 0 fully saturated rings. The van der Waals surface area contributed by atoms with Crippen molar-refractivity contribution < 1.29 is 18.7 Å². The molecule has 2 aromatic rings. The first-order valence-electron chi connectivity index (χ1n) is 8.03. The minimum atomic E-state index is -0.722. The SMILES string of the molecule is COc1ccc(C(=O)N[C@H](CCSC)C(=O)Nc2cccc(F)c2)cc1. The number of anilines is 1. The van der Waals surface area contributed by atoms with Crippen LogP contribution < -0.4 is 15.4 Å². The summed E-state index contributed by atoms with van der Waals surface area (Å²) in [7, 11) is 1.55. The topological polar surface area (TPSA) is 67.4 Å². The third kappa shape index (κ3) is 5.77. The second-order valence-corrected chi connectivity index (χ2v) is 6.52. The van der Waals surface area contributed by atoms with Gasteiger partial charge >= 0.3 is 0 Å². The summed E-state index contributed by atoms with van der Waals surface area (Å²) >= 11 is 1.58. The van der Waals surface area contributed by atoms with E-state index in [2.05, 4.69) is 10.6 Å². The van der Waals surface area contributed by atoms with Crippen LogP contribution in [0.3, 0.4) is 0 Å². The van der Waals surface area contributed by atoms with Crippen molar-refractivity contribution >= 4 is 29.3 Å². The number of ether oxygens (including phenoxy) is 1. The Morgan fingerprint density at radius 3 is 2.54 bits per heavy atom. The Hall–Kier alpha value is -2.54. The van der Waals surface area contributed by atoms with Crippen molar-refractivity contribution in [2.45, 2.75) is 12.5 Å². The van der Waals surface area contributed by atoms with Crippen LogP contribution in [-0.2, 0) is 4.79 Å². The quantitative estimate of drug-likeness (QED) is 0.742. The molecule has 138 valence electrons. The molecule has 0 saturated carbocycles. The van der Waals surface area contributed by atoms with E-state index in [1.807, 2.05) is 6.26 Å². The molecule has 2 aromatic carbocycles. The van der Waals surface area contributed by atoms with E-state index >= 15 is 0 Å². The fraction of sp³-hybridized carbons (Fsp3) is 0.263. The van der Waals surface area contributed by atoms with Gasteiger partial charge in [-0.25, -0.2) is 4.39 Å². The largest absolute Gasteiger partial charge is 0.497 e. The van der Waals surface area contributed by atoms with Crippen LogP contribution in [0.5, 0.6) is 5.75 Å². The average Bonchev–Trinajstić information content (AvgIpc) is 2.65. The van der Waals surface area contributed by atoms with Crippen LogP contribution in [0, 0.1) is 5.82 Å². The van der Waals surface area contributed by atoms with Gasteiger partial charge < -0.3 is 15.4 Å². The molecule has 0 aliphatic heterocycles. The maximum atomic E-state index is 13.3. The zero-order chi connectivity index (χ0) is 18.9. The first-order chi connectivity index (χ1) is 12.5. The summed E-state index contributed by atoms with van der Waals surface area (Å²) in [6.45, 7) is 0. The Balaban J connectivity index is 2.07. The highest BCUT2D eigenvalue weighted by Crippen LogP contribution is 2.13. The van der Waals surface area contributed by atoms with Gasteiger partial charge in [0.25, 0.3) is 5.91 Å². The summed E-state index contributed by atoms with van der Waals surface area (Å²) in [5.41, 5.74) is 0.779. The molecule has 0 bridgehead atoms. The lowest BCUT2D eigenvalue weighted by molar-refractivity contribution is -0.118. The summed E-state index contributed by atoms with van der Waals surface area (Å²) in [5, 5.41) is 5.39. The zero-order valence-electron chi connectivity index (χ0n) is 14.6. The number of carbonyl (C=O) groups excluding carboxylic acids is 2. The average molecular weight is 376 g/mol. The van der Waals surface area contributed by atoms with E-state index in [4.69, 9.17) is 4.74 Å². The Bertz CT molecular complexity index is 753. The van der Waals surface area contributed by atoms with Gasteiger partial charge in [-0.05, 0) is 60.9 Å². The number of nitrogens with one attached hydrogen (secondary N) is 2. The standard InChI is InChI=1S/C19H21FN2O3S/c1-25-16-8-6-13(7-9-16)18(23)22-17(10-11-26-2)19(24)21-15-5-3-4-14(20)12-15/h3-9,12,17H,10-11H2,1-2H3,(H,21,24)(H,22,23)/t17-/m1/s1. The van der Waals surface area contributed by atoms with E-state index in [9.17, 15) is 14.0 Å². The number of amides is 2. The lowest BCUT2D eigenvalue weighted by Crippen LogP contribution is -2.44. The minimum Gasteiger partial charge on any atom is -0.497 e. The lowest BCUT2D eigenvalue weighted by Gasteiger charge is -2.18. The normalized spacial score (nSPS) is 11.5. The van der Waals surface area contributed by atoms with Crippen LogP contribution in [0.25, 0.3) is 0 Å². The molecule has 5 nitrogen and oxygen atoms in total. The van der Waals surface area contributed by atoms with Crippen LogP contribution in [0.15, 0.2) is 48.5 Å². The van der Waals surface area contributed by atoms with Crippen molar-refractivity contribution in [1.82, 2.24) is 5.32 Å². The first kappa shape index (κ1) is 19.8. The van der Waals surface area contributed by atoms with Gasteiger partial charge in [0.1, 0.15) is 17.6 Å². The molecule has 0 radical (unpaired) electrons. The molecule has 0 spiro atoms. The number of methoxy groups -OCH3 is 1. The van der Waals surface area contributed by atoms with Gasteiger partial charge in [0.2, 0.25) is 5.91 Å². The van der Waals surface area contributed by atoms with Crippen molar-refractivity contribution in [2.24, 2.45) is 0 Å². The molecular weight excluding hydrogens is 355 g/mol. The second kappa shape index (κ2) is 9.82. The molecule has 0 heterocycles. The van der Waals surface area contributed by atoms with Crippen molar-refractivity contribution in [1.29, 1.82) is 0 Å². The van der Waals surface area contributed by atoms with Gasteiger partial charge in [0.15, 0.2) is 0 Å². The molecule has 26 heavy (non-hydrogen) atoms. The summed E-state index contributed by atoms with van der Waals surface area (Å²) in [4.78, 5) is 24.9. The molecule has 0 saturated heterocycles. The summed E-state index contributed by atoms with van der Waals surface area (Å²) < 4.78 is 18.3. The fourth-order valence-corrected chi connectivity index (χ4v) is 2.76. The van der Waals surface area contributed by atoms with Crippen molar-refractivity contribution in [3.8, 4) is 5.75 Å². The Morgan fingerprint density at radius 2 is 1.92 bits per heavy atom. The Morgan fingerprint density at radius 1 is 1.19 bits per heavy atom. The molecule has 0 aromatic heterocycles. The lowest BCUT2D eigenvalue weighted by atomic mass is 10.1. The molecule has 2 amide bonds. The van der Waals surface area contributed by atoms with Gasteiger partial charge in [0.05, 0.1) is 7.11 Å². The van der Waals surface area contributed by atoms with Crippen LogP contribution >= 0.6 is 11.8 Å². The monoisotopic (exact) mass is 376 g/mol. The third-order valence-corrected chi connectivity index (χ3v) is 4.32. The number of carbonyl (C=O) groups is 2. The van der Waals surface area contributed by atoms with E-state index in [0.29, 0.717) is 29.2 Å².